The van der Waals surface area contributed by atoms with Gasteiger partial charge in [-0.15, -0.1) is 0 Å². The van der Waals surface area contributed by atoms with Gasteiger partial charge in [-0.1, -0.05) is 36.4 Å². The van der Waals surface area contributed by atoms with Crippen molar-refractivity contribution in [1.82, 2.24) is 0 Å². The molecule has 3 aromatic carbocycles. The average Bonchev–Trinajstić information content (AvgIpc) is 2.62. The van der Waals surface area contributed by atoms with Gasteiger partial charge in [-0.25, -0.2) is 4.57 Å². The smallest absolute Gasteiger partial charge is 0.736 e. The number of hydrogen-bond acceptors (Lipinski definition) is 8. The maximum Gasteiger partial charge on any atom is 1.00 e. The molecular weight excluding hydrogens is 422 g/mol. The van der Waals surface area contributed by atoms with E-state index in [9.17, 15) is 29.6 Å². The number of phenolic OH excluding ortho intramolecular Hbond substituents is 3. The third-order valence-electron chi connectivity index (χ3n) is 3.85. The number of phosphoric ester groups is 1. The molecule has 0 aliphatic rings. The van der Waals surface area contributed by atoms with Crippen LogP contribution < -0.4 is 43.5 Å². The minimum Gasteiger partial charge on any atom is -0.736 e. The molecule has 0 heterocycles. The first-order valence-electron chi connectivity index (χ1n) is 8.36. The minimum absolute atomic E-state index is 0. The number of rotatable bonds is 7. The molecule has 0 fully saturated rings. The number of phenols is 3. The quantitative estimate of drug-likeness (QED) is 0.270. The molecule has 30 heavy (non-hydrogen) atoms. The molecule has 0 saturated heterocycles. The zero-order valence-electron chi connectivity index (χ0n) is 15.9. The van der Waals surface area contributed by atoms with E-state index < -0.39 is 36.4 Å². The summed E-state index contributed by atoms with van der Waals surface area (Å²) in [6, 6.07) is 15.5. The first-order valence-corrected chi connectivity index (χ1v) is 9.82. The van der Waals surface area contributed by atoms with Gasteiger partial charge in [0, 0.05) is 24.1 Å². The summed E-state index contributed by atoms with van der Waals surface area (Å²) in [7, 11) is -4.80. The van der Waals surface area contributed by atoms with Gasteiger partial charge in [0.25, 0.3) is 0 Å². The van der Waals surface area contributed by atoms with Gasteiger partial charge >= 0.3 is 37.4 Å². The number of phosphoric acid groups is 1. The second kappa shape index (κ2) is 10.0. The average molecular weight is 438 g/mol. The molecule has 1 unspecified atom stereocenters. The Hall–Kier alpha value is -2.48. The molecule has 3 aromatic rings. The summed E-state index contributed by atoms with van der Waals surface area (Å²) in [6.07, 6.45) is -0.382. The summed E-state index contributed by atoms with van der Waals surface area (Å²) in [5.74, 6) is -2.39. The minimum atomic E-state index is -4.80. The fourth-order valence-electron chi connectivity index (χ4n) is 2.63. The molecule has 1 atom stereocenters. The third-order valence-corrected chi connectivity index (χ3v) is 4.71. The fourth-order valence-corrected chi connectivity index (χ4v) is 3.47. The van der Waals surface area contributed by atoms with Gasteiger partial charge in [-0.3, -0.25) is 4.79 Å². The van der Waals surface area contributed by atoms with E-state index in [1.54, 1.807) is 24.3 Å². The second-order valence-electron chi connectivity index (χ2n) is 6.01. The van der Waals surface area contributed by atoms with Gasteiger partial charge < -0.3 is 29.3 Å². The van der Waals surface area contributed by atoms with Crippen LogP contribution in [0.25, 0.3) is 0 Å². The Morgan fingerprint density at radius 1 is 0.900 bits per heavy atom. The number of benzene rings is 3. The Balaban J connectivity index is 0.00000320. The van der Waals surface area contributed by atoms with E-state index in [2.05, 4.69) is 0 Å². The third kappa shape index (κ3) is 6.01. The van der Waals surface area contributed by atoms with Crippen molar-refractivity contribution < 1.29 is 68.2 Å². The standard InChI is InChI=1S/C20H17O8P.Na/c21-14-11-17(23)20(18(24)12-14)16(22)10-13-6-4-5-9-19(13)28-29(25,26)27-15-7-2-1-3-8-15;/h1-9,11-12,21,23-24H,10H2,(H,25,26);/q;+1/p-1. The zero-order chi connectivity index (χ0) is 21.0. The van der Waals surface area contributed by atoms with E-state index in [0.717, 1.165) is 12.1 Å². The van der Waals surface area contributed by atoms with Gasteiger partial charge in [-0.05, 0) is 18.2 Å². The van der Waals surface area contributed by atoms with Crippen molar-refractivity contribution in [3.05, 3.63) is 77.9 Å². The van der Waals surface area contributed by atoms with E-state index in [1.807, 2.05) is 0 Å². The van der Waals surface area contributed by atoms with Gasteiger partial charge in [0.1, 0.15) is 34.3 Å². The molecule has 3 rings (SSSR count). The summed E-state index contributed by atoms with van der Waals surface area (Å²) in [4.78, 5) is 24.8. The number of Topliss-reactive ketones (excluding diaryl/α,β-unsaturated/α-hetero) is 1. The number of aromatic hydroxyl groups is 3. The first kappa shape index (κ1) is 23.8. The monoisotopic (exact) mass is 438 g/mol. The summed E-state index contributed by atoms with van der Waals surface area (Å²) in [5, 5.41) is 29.1. The number of ketones is 1. The summed E-state index contributed by atoms with van der Waals surface area (Å²) < 4.78 is 22.1. The molecule has 0 spiro atoms. The molecular formula is C20H16NaO8P. The molecule has 0 amide bonds. The molecule has 0 radical (unpaired) electrons. The fraction of sp³-hybridized carbons (Fsp3) is 0.0500. The van der Waals surface area contributed by atoms with E-state index >= 15 is 0 Å². The summed E-state index contributed by atoms with van der Waals surface area (Å²) >= 11 is 0. The van der Waals surface area contributed by atoms with Gasteiger partial charge in [0.05, 0.1) is 0 Å². The van der Waals surface area contributed by atoms with Crippen LogP contribution in [0.5, 0.6) is 28.7 Å². The van der Waals surface area contributed by atoms with Crippen molar-refractivity contribution >= 4 is 13.6 Å². The summed E-state index contributed by atoms with van der Waals surface area (Å²) in [5.41, 5.74) is -0.208. The van der Waals surface area contributed by atoms with Gasteiger partial charge in [0.2, 0.25) is 0 Å². The van der Waals surface area contributed by atoms with Crippen LogP contribution in [0.3, 0.4) is 0 Å². The summed E-state index contributed by atoms with van der Waals surface area (Å²) in [6.45, 7) is 0. The van der Waals surface area contributed by atoms with Crippen molar-refractivity contribution in [1.29, 1.82) is 0 Å². The number of para-hydroxylation sites is 2. The Morgan fingerprint density at radius 3 is 2.10 bits per heavy atom. The van der Waals surface area contributed by atoms with Crippen LogP contribution in [0.15, 0.2) is 66.7 Å². The van der Waals surface area contributed by atoms with Crippen molar-refractivity contribution in [3.8, 4) is 28.7 Å². The van der Waals surface area contributed by atoms with Crippen molar-refractivity contribution in [3.63, 3.8) is 0 Å². The second-order valence-corrected chi connectivity index (χ2v) is 7.27. The van der Waals surface area contributed by atoms with Gasteiger partial charge in [0.15, 0.2) is 5.78 Å². The van der Waals surface area contributed by atoms with Crippen LogP contribution in [-0.4, -0.2) is 21.1 Å². The molecule has 8 nitrogen and oxygen atoms in total. The van der Waals surface area contributed by atoms with E-state index in [0.29, 0.717) is 0 Å². The van der Waals surface area contributed by atoms with E-state index in [1.165, 1.54) is 30.3 Å². The topological polar surface area (TPSA) is 136 Å². The maximum atomic E-state index is 12.5. The number of carbonyl (C=O) groups is 1. The van der Waals surface area contributed by atoms with Crippen molar-refractivity contribution in [2.45, 2.75) is 6.42 Å². The van der Waals surface area contributed by atoms with Crippen LogP contribution in [0.4, 0.5) is 0 Å². The molecule has 0 aromatic heterocycles. The first-order chi connectivity index (χ1) is 13.7. The van der Waals surface area contributed by atoms with Crippen molar-refractivity contribution in [2.75, 3.05) is 0 Å². The predicted octanol–water partition coefficient (Wildman–Crippen LogP) is 0.159. The van der Waals surface area contributed by atoms with Gasteiger partial charge in [-0.2, -0.15) is 0 Å². The zero-order valence-corrected chi connectivity index (χ0v) is 18.8. The number of hydrogen-bond donors (Lipinski definition) is 3. The Morgan fingerprint density at radius 2 is 1.47 bits per heavy atom. The normalized spacial score (nSPS) is 12.3. The Labute approximate surface area is 194 Å². The number of carbonyl (C=O) groups excluding carboxylic acids is 1. The molecule has 0 bridgehead atoms. The van der Waals surface area contributed by atoms with Crippen LogP contribution in [0, 0.1) is 0 Å². The van der Waals surface area contributed by atoms with E-state index in [-0.39, 0.29) is 53.0 Å². The maximum absolute atomic E-state index is 12.5. The largest absolute Gasteiger partial charge is 1.00 e. The Kier molecular flexibility index (Phi) is 7.95. The van der Waals surface area contributed by atoms with Crippen LogP contribution in [-0.2, 0) is 11.0 Å². The molecule has 10 heteroatoms. The molecule has 3 N–H and O–H groups in total. The van der Waals surface area contributed by atoms with Crippen molar-refractivity contribution in [2.24, 2.45) is 0 Å². The predicted molar refractivity (Wildman–Crippen MR) is 101 cm³/mol. The Bertz CT molecular complexity index is 1060. The van der Waals surface area contributed by atoms with Crippen LogP contribution >= 0.6 is 7.82 Å². The van der Waals surface area contributed by atoms with Crippen LogP contribution in [0.1, 0.15) is 15.9 Å². The molecule has 150 valence electrons. The SMILES string of the molecule is O=C(Cc1ccccc1OP(=O)([O-])Oc1ccccc1)c1c(O)cc(O)cc1O.[Na+]. The molecule has 0 aliphatic carbocycles. The van der Waals surface area contributed by atoms with Crippen LogP contribution in [0.2, 0.25) is 0 Å². The molecule has 0 saturated carbocycles. The van der Waals surface area contributed by atoms with E-state index in [4.69, 9.17) is 9.05 Å². The molecule has 0 aliphatic heterocycles.